The van der Waals surface area contributed by atoms with Gasteiger partial charge >= 0.3 is 17.9 Å². The SMILES string of the molecule is O=C[C@H](O)[C@H](O)[C@@H](O[C@H]1O[C@@H](C(=O)O)[C@H](O[C@@H]2O[C@H](C(=O)O)[C@@H](O)[C@@H](O)[C@@H]2O)[C@@H](O)[C@@H]1O)[C@H](O)C(=O)O. The number of carbonyl (C=O) groups excluding carboxylic acids is 1. The Hall–Kier alpha value is -2.40. The van der Waals surface area contributed by atoms with Gasteiger partial charge in [0.15, 0.2) is 37.2 Å². The molecule has 11 N–H and O–H groups in total. The molecule has 2 rings (SSSR count). The number of aliphatic carboxylic acids is 3. The van der Waals surface area contributed by atoms with Gasteiger partial charge in [0.05, 0.1) is 0 Å². The summed E-state index contributed by atoms with van der Waals surface area (Å²) in [7, 11) is 0. The van der Waals surface area contributed by atoms with Crippen molar-refractivity contribution in [1.82, 2.24) is 0 Å². The maximum absolute atomic E-state index is 11.8. The third-order valence-corrected chi connectivity index (χ3v) is 5.57. The number of ether oxygens (including phenoxy) is 4. The Morgan fingerprint density at radius 2 is 1.24 bits per heavy atom. The van der Waals surface area contributed by atoms with E-state index in [-0.39, 0.29) is 6.29 Å². The van der Waals surface area contributed by atoms with Gasteiger partial charge in [-0.05, 0) is 0 Å². The fourth-order valence-corrected chi connectivity index (χ4v) is 3.53. The van der Waals surface area contributed by atoms with Crippen LogP contribution in [-0.4, -0.2) is 166 Å². The minimum absolute atomic E-state index is 0.252. The molecule has 0 spiro atoms. The van der Waals surface area contributed by atoms with Crippen LogP contribution < -0.4 is 0 Å². The minimum Gasteiger partial charge on any atom is -0.479 e. The van der Waals surface area contributed by atoms with Crippen molar-refractivity contribution in [3.05, 3.63) is 0 Å². The highest BCUT2D eigenvalue weighted by atomic mass is 16.7. The molecular weight excluding hydrogens is 520 g/mol. The van der Waals surface area contributed by atoms with Crippen molar-refractivity contribution in [2.45, 2.75) is 85.8 Å². The summed E-state index contributed by atoms with van der Waals surface area (Å²) in [5, 5.41) is 107. The van der Waals surface area contributed by atoms with Crippen molar-refractivity contribution in [1.29, 1.82) is 0 Å². The van der Waals surface area contributed by atoms with E-state index in [9.17, 15) is 65.1 Å². The summed E-state index contributed by atoms with van der Waals surface area (Å²) in [6, 6.07) is 0. The van der Waals surface area contributed by atoms with Gasteiger partial charge in [-0.2, -0.15) is 0 Å². The van der Waals surface area contributed by atoms with E-state index in [2.05, 4.69) is 0 Å². The normalized spacial score (nSPS) is 39.7. The van der Waals surface area contributed by atoms with Crippen LogP contribution in [0.15, 0.2) is 0 Å². The van der Waals surface area contributed by atoms with Gasteiger partial charge in [0.2, 0.25) is 0 Å². The van der Waals surface area contributed by atoms with Crippen LogP contribution in [0.3, 0.4) is 0 Å². The van der Waals surface area contributed by atoms with Crippen molar-refractivity contribution in [3.63, 3.8) is 0 Å². The zero-order chi connectivity index (χ0) is 28.4. The summed E-state index contributed by atoms with van der Waals surface area (Å²) in [5.74, 6) is -5.79. The quantitative estimate of drug-likeness (QED) is 0.107. The first-order chi connectivity index (χ1) is 17.1. The average Bonchev–Trinajstić information content (AvgIpc) is 2.84. The number of rotatable bonds is 11. The van der Waals surface area contributed by atoms with Crippen LogP contribution in [0, 0.1) is 0 Å². The monoisotopic (exact) mass is 546 g/mol. The van der Waals surface area contributed by atoms with E-state index >= 15 is 0 Å². The maximum Gasteiger partial charge on any atom is 0.335 e. The Kier molecular flexibility index (Phi) is 10.4. The fraction of sp³-hybridized carbons (Fsp3) is 0.778. The zero-order valence-electron chi connectivity index (χ0n) is 18.3. The van der Waals surface area contributed by atoms with Gasteiger partial charge in [-0.15, -0.1) is 0 Å². The number of hydrogen-bond donors (Lipinski definition) is 11. The summed E-state index contributed by atoms with van der Waals surface area (Å²) < 4.78 is 19.8. The molecule has 2 saturated heterocycles. The highest BCUT2D eigenvalue weighted by Crippen LogP contribution is 2.31. The van der Waals surface area contributed by atoms with E-state index in [0.717, 1.165) is 0 Å². The third kappa shape index (κ3) is 6.54. The molecule has 2 aliphatic rings. The number of carboxylic acids is 3. The van der Waals surface area contributed by atoms with E-state index < -0.39 is 104 Å². The number of carbonyl (C=O) groups is 4. The Morgan fingerprint density at radius 3 is 1.73 bits per heavy atom. The van der Waals surface area contributed by atoms with Gasteiger partial charge < -0.3 is 79.9 Å². The van der Waals surface area contributed by atoms with Crippen LogP contribution in [0.4, 0.5) is 0 Å². The van der Waals surface area contributed by atoms with Crippen molar-refractivity contribution < 1.29 is 94.3 Å². The first kappa shape index (κ1) is 30.8. The van der Waals surface area contributed by atoms with Crippen LogP contribution in [0.25, 0.3) is 0 Å². The predicted octanol–water partition coefficient (Wildman–Crippen LogP) is -7.45. The zero-order valence-corrected chi connectivity index (χ0v) is 18.3. The molecule has 37 heavy (non-hydrogen) atoms. The molecule has 14 atom stereocenters. The number of aliphatic hydroxyl groups excluding tert-OH is 8. The number of carboxylic acid groups (broad SMARTS) is 3. The van der Waals surface area contributed by atoms with Crippen LogP contribution in [0.1, 0.15) is 0 Å². The maximum atomic E-state index is 11.8. The molecule has 0 bridgehead atoms. The molecule has 19 nitrogen and oxygen atoms in total. The summed E-state index contributed by atoms with van der Waals surface area (Å²) in [6.07, 6.45) is -32.6. The second-order valence-electron chi connectivity index (χ2n) is 8.08. The van der Waals surface area contributed by atoms with Crippen molar-refractivity contribution in [2.24, 2.45) is 0 Å². The average molecular weight is 546 g/mol. The Balaban J connectivity index is 2.30. The first-order valence-electron chi connectivity index (χ1n) is 10.3. The minimum atomic E-state index is -2.67. The molecule has 0 aromatic rings. The highest BCUT2D eigenvalue weighted by molar-refractivity contribution is 5.74. The molecule has 2 fully saturated rings. The second kappa shape index (κ2) is 12.4. The summed E-state index contributed by atoms with van der Waals surface area (Å²) >= 11 is 0. The molecule has 2 aliphatic heterocycles. The van der Waals surface area contributed by atoms with Gasteiger partial charge in [-0.3, -0.25) is 0 Å². The third-order valence-electron chi connectivity index (χ3n) is 5.57. The standard InChI is InChI=1S/C18H26O19/c19-1-2(20)3(21)10(9(27)14(28)29)34-18-8(26)6(24)11(13(37-18)16(32)33)35-17-7(25)4(22)5(23)12(36-17)15(30)31/h1-13,17-18,20-27H,(H,28,29)(H,30,31)(H,32,33)/t2-,3-,4+,5-,6-,7-,8-,9-,10+,11+,12-,13+,17+,18-/m0/s1. The Morgan fingerprint density at radius 1 is 0.730 bits per heavy atom. The van der Waals surface area contributed by atoms with Gasteiger partial charge in [0.25, 0.3) is 0 Å². The largest absolute Gasteiger partial charge is 0.479 e. The van der Waals surface area contributed by atoms with Crippen LogP contribution >= 0.6 is 0 Å². The molecule has 0 aliphatic carbocycles. The molecule has 0 saturated carbocycles. The Bertz CT molecular complexity index is 836. The summed E-state index contributed by atoms with van der Waals surface area (Å²) in [5.41, 5.74) is 0. The summed E-state index contributed by atoms with van der Waals surface area (Å²) in [4.78, 5) is 44.9. The van der Waals surface area contributed by atoms with E-state index in [0.29, 0.717) is 0 Å². The van der Waals surface area contributed by atoms with Crippen molar-refractivity contribution in [3.8, 4) is 0 Å². The van der Waals surface area contributed by atoms with Crippen molar-refractivity contribution in [2.75, 3.05) is 0 Å². The van der Waals surface area contributed by atoms with Gasteiger partial charge in [0, 0.05) is 0 Å². The van der Waals surface area contributed by atoms with Crippen molar-refractivity contribution >= 4 is 24.2 Å². The van der Waals surface area contributed by atoms with Gasteiger partial charge in [-0.1, -0.05) is 0 Å². The van der Waals surface area contributed by atoms with Gasteiger partial charge in [0.1, 0.15) is 54.9 Å². The molecule has 0 amide bonds. The highest BCUT2D eigenvalue weighted by Gasteiger charge is 2.55. The molecule has 0 aromatic carbocycles. The lowest BCUT2D eigenvalue weighted by Gasteiger charge is -2.45. The lowest BCUT2D eigenvalue weighted by atomic mass is 9.96. The topological polar surface area (TPSA) is 328 Å². The second-order valence-corrected chi connectivity index (χ2v) is 8.08. The first-order valence-corrected chi connectivity index (χ1v) is 10.3. The molecular formula is C18H26O19. The van der Waals surface area contributed by atoms with E-state index in [1.807, 2.05) is 0 Å². The fourth-order valence-electron chi connectivity index (χ4n) is 3.53. The Labute approximate surface area is 205 Å². The van der Waals surface area contributed by atoms with E-state index in [1.165, 1.54) is 0 Å². The molecule has 212 valence electrons. The molecule has 2 heterocycles. The van der Waals surface area contributed by atoms with E-state index in [4.69, 9.17) is 29.2 Å². The molecule has 0 unspecified atom stereocenters. The predicted molar refractivity (Wildman–Crippen MR) is 104 cm³/mol. The number of aliphatic hydroxyl groups is 8. The molecule has 0 aromatic heterocycles. The lowest BCUT2D eigenvalue weighted by Crippen LogP contribution is -2.66. The van der Waals surface area contributed by atoms with Gasteiger partial charge in [-0.25, -0.2) is 14.4 Å². The summed E-state index contributed by atoms with van der Waals surface area (Å²) in [6.45, 7) is 0. The lowest BCUT2D eigenvalue weighted by molar-refractivity contribution is -0.358. The van der Waals surface area contributed by atoms with Crippen LogP contribution in [0.5, 0.6) is 0 Å². The number of hydrogen-bond acceptors (Lipinski definition) is 16. The molecule has 0 radical (unpaired) electrons. The van der Waals surface area contributed by atoms with E-state index in [1.54, 1.807) is 0 Å². The van der Waals surface area contributed by atoms with Crippen LogP contribution in [0.2, 0.25) is 0 Å². The smallest absolute Gasteiger partial charge is 0.335 e. The molecule has 19 heteroatoms. The number of aldehydes is 1. The van der Waals surface area contributed by atoms with Crippen LogP contribution in [-0.2, 0) is 38.1 Å².